The molecule has 0 amide bonds. The van der Waals surface area contributed by atoms with E-state index in [9.17, 15) is 9.90 Å². The first kappa shape index (κ1) is 23.0. The van der Waals surface area contributed by atoms with E-state index in [1.807, 2.05) is 26.8 Å². The Bertz CT molecular complexity index is 1180. The molecule has 3 rings (SSSR count). The van der Waals surface area contributed by atoms with Crippen LogP contribution >= 0.6 is 23.2 Å². The maximum Gasteiger partial charge on any atom is 0.348 e. The van der Waals surface area contributed by atoms with E-state index >= 15 is 0 Å². The summed E-state index contributed by atoms with van der Waals surface area (Å²) in [6, 6.07) is 0. The average Bonchev–Trinajstić information content (AvgIpc) is 2.89. The minimum atomic E-state index is -0.647. The van der Waals surface area contributed by atoms with Crippen molar-refractivity contribution in [2.45, 2.75) is 41.5 Å². The topological polar surface area (TPSA) is 65.0 Å². The van der Waals surface area contributed by atoms with Gasteiger partial charge in [0, 0.05) is 22.3 Å². The molecule has 2 aromatic carbocycles. The molecular weight excluding hydrogens is 439 g/mol. The summed E-state index contributed by atoms with van der Waals surface area (Å²) in [4.78, 5) is 13.4. The van der Waals surface area contributed by atoms with Gasteiger partial charge in [-0.2, -0.15) is 0 Å². The summed E-state index contributed by atoms with van der Waals surface area (Å²) in [6.45, 7) is 10.7. The predicted octanol–water partition coefficient (Wildman–Crippen LogP) is 7.50. The monoisotopic (exact) mass is 462 g/mol. The number of fused-ring (bicyclic) bond motifs is 2. The number of hydrogen-bond acceptors (Lipinski definition) is 5. The van der Waals surface area contributed by atoms with Gasteiger partial charge < -0.3 is 19.3 Å². The summed E-state index contributed by atoms with van der Waals surface area (Å²) >= 11 is 13.1. The molecule has 0 aromatic heterocycles. The van der Waals surface area contributed by atoms with Gasteiger partial charge in [0.1, 0.15) is 22.8 Å². The number of halogens is 2. The number of carbonyl (C=O) groups is 1. The van der Waals surface area contributed by atoms with Gasteiger partial charge in [-0.05, 0) is 52.7 Å². The second-order valence-corrected chi connectivity index (χ2v) is 8.06. The molecule has 0 atom stereocenters. The summed E-state index contributed by atoms with van der Waals surface area (Å²) in [6.07, 6.45) is 3.66. The van der Waals surface area contributed by atoms with Gasteiger partial charge in [0.25, 0.3) is 0 Å². The van der Waals surface area contributed by atoms with E-state index in [4.69, 9.17) is 37.4 Å². The summed E-state index contributed by atoms with van der Waals surface area (Å²) in [5.41, 5.74) is 3.39. The van der Waals surface area contributed by atoms with E-state index in [1.54, 1.807) is 26.8 Å². The normalized spacial score (nSPS) is 13.8. The Kier molecular flexibility index (Phi) is 6.30. The van der Waals surface area contributed by atoms with Crippen LogP contribution in [0.4, 0.5) is 0 Å². The lowest BCUT2D eigenvalue weighted by molar-refractivity contribution is 0.0735. The highest BCUT2D eigenvalue weighted by atomic mass is 35.5. The largest absolute Gasteiger partial charge is 0.506 e. The number of carbonyl (C=O) groups excluding carboxylic acids is 1. The molecule has 164 valence electrons. The molecule has 0 fully saturated rings. The zero-order chi connectivity index (χ0) is 23.2. The molecule has 0 radical (unpaired) electrons. The lowest BCUT2D eigenvalue weighted by Crippen LogP contribution is -2.12. The van der Waals surface area contributed by atoms with Gasteiger partial charge in [-0.1, -0.05) is 35.4 Å². The highest BCUT2D eigenvalue weighted by Gasteiger charge is 2.36. The summed E-state index contributed by atoms with van der Waals surface area (Å²) < 4.78 is 17.6. The third-order valence-corrected chi connectivity index (χ3v) is 6.32. The predicted molar refractivity (Wildman–Crippen MR) is 124 cm³/mol. The van der Waals surface area contributed by atoms with Crippen LogP contribution in [0.2, 0.25) is 10.0 Å². The molecule has 0 bridgehead atoms. The van der Waals surface area contributed by atoms with E-state index in [0.717, 1.165) is 5.57 Å². The number of hydrogen-bond donors (Lipinski definition) is 1. The molecule has 2 aromatic rings. The number of rotatable bonds is 3. The number of ether oxygens (including phenoxy) is 3. The first-order chi connectivity index (χ1) is 14.6. The molecule has 1 N–H and O–H groups in total. The van der Waals surface area contributed by atoms with Crippen molar-refractivity contribution < 1.29 is 24.1 Å². The third kappa shape index (κ3) is 3.46. The SMILES string of the molecule is C/C=C(\C)c1c(Cl)c(OC)c(C)c2c1Oc1c(C)c(O)c(Cl)c(/C(C)=C/C)c1C(=O)O2. The molecule has 7 heteroatoms. The Morgan fingerprint density at radius 2 is 1.48 bits per heavy atom. The van der Waals surface area contributed by atoms with Gasteiger partial charge >= 0.3 is 5.97 Å². The maximum atomic E-state index is 13.4. The number of methoxy groups -OCH3 is 1. The molecule has 5 nitrogen and oxygen atoms in total. The Labute approximate surface area is 191 Å². The van der Waals surface area contributed by atoms with Crippen molar-refractivity contribution in [1.29, 1.82) is 0 Å². The van der Waals surface area contributed by atoms with E-state index in [1.165, 1.54) is 7.11 Å². The van der Waals surface area contributed by atoms with E-state index in [-0.39, 0.29) is 33.6 Å². The summed E-state index contributed by atoms with van der Waals surface area (Å²) in [5, 5.41) is 11.1. The van der Waals surface area contributed by atoms with Crippen molar-refractivity contribution in [2.24, 2.45) is 0 Å². The van der Waals surface area contributed by atoms with Gasteiger partial charge in [0.2, 0.25) is 0 Å². The zero-order valence-electron chi connectivity index (χ0n) is 18.5. The standard InChI is InChI=1S/C24H24Cl2O5/c1-8-10(3)14-16-20(12(5)19(27)17(14)25)30-23-15(11(4)9-2)18(26)21(29-7)13(6)22(23)31-24(16)28/h8-9,27H,1-7H3/b10-8+,11-9+. The fourth-order valence-corrected chi connectivity index (χ4v) is 4.45. The van der Waals surface area contributed by atoms with Gasteiger partial charge in [0.05, 0.1) is 17.2 Å². The van der Waals surface area contributed by atoms with Crippen LogP contribution in [0.5, 0.6) is 28.7 Å². The average molecular weight is 463 g/mol. The van der Waals surface area contributed by atoms with Crippen LogP contribution in [-0.4, -0.2) is 18.2 Å². The Morgan fingerprint density at radius 3 is 2.03 bits per heavy atom. The molecule has 1 heterocycles. The maximum absolute atomic E-state index is 13.4. The molecule has 1 aliphatic rings. The fraction of sp³-hybridized carbons (Fsp3) is 0.292. The van der Waals surface area contributed by atoms with Crippen LogP contribution < -0.4 is 14.2 Å². The van der Waals surface area contributed by atoms with Crippen molar-refractivity contribution in [2.75, 3.05) is 7.11 Å². The number of aromatic hydroxyl groups is 1. The van der Waals surface area contributed by atoms with Crippen LogP contribution in [0.3, 0.4) is 0 Å². The van der Waals surface area contributed by atoms with Crippen molar-refractivity contribution in [3.63, 3.8) is 0 Å². The smallest absolute Gasteiger partial charge is 0.348 e. The van der Waals surface area contributed by atoms with Crippen molar-refractivity contribution in [3.05, 3.63) is 50.0 Å². The minimum absolute atomic E-state index is 0.0653. The van der Waals surface area contributed by atoms with Gasteiger partial charge in [-0.25, -0.2) is 4.79 Å². The highest BCUT2D eigenvalue weighted by molar-refractivity contribution is 6.35. The Morgan fingerprint density at radius 1 is 0.903 bits per heavy atom. The van der Waals surface area contributed by atoms with Crippen molar-refractivity contribution in [1.82, 2.24) is 0 Å². The molecule has 1 aliphatic heterocycles. The molecule has 0 aliphatic carbocycles. The number of benzene rings is 2. The van der Waals surface area contributed by atoms with Crippen LogP contribution in [-0.2, 0) is 0 Å². The molecular formula is C24H24Cl2O5. The highest BCUT2D eigenvalue weighted by Crippen LogP contribution is 2.54. The van der Waals surface area contributed by atoms with E-state index < -0.39 is 5.97 Å². The van der Waals surface area contributed by atoms with Crippen LogP contribution in [0.15, 0.2) is 12.2 Å². The van der Waals surface area contributed by atoms with Gasteiger partial charge in [0.15, 0.2) is 11.5 Å². The van der Waals surface area contributed by atoms with Crippen LogP contribution in [0.25, 0.3) is 11.1 Å². The third-order valence-electron chi connectivity index (χ3n) is 5.60. The van der Waals surface area contributed by atoms with Gasteiger partial charge in [-0.3, -0.25) is 0 Å². The molecule has 31 heavy (non-hydrogen) atoms. The van der Waals surface area contributed by atoms with Crippen LogP contribution in [0.1, 0.15) is 60.3 Å². The van der Waals surface area contributed by atoms with Crippen LogP contribution in [0, 0.1) is 13.8 Å². The quantitative estimate of drug-likeness (QED) is 0.377. The Hall–Kier alpha value is -2.63. The fourth-order valence-electron chi connectivity index (χ4n) is 3.61. The lowest BCUT2D eigenvalue weighted by atomic mass is 9.96. The number of phenols is 1. The summed E-state index contributed by atoms with van der Waals surface area (Å²) in [7, 11) is 1.50. The zero-order valence-corrected chi connectivity index (χ0v) is 20.0. The molecule has 0 unspecified atom stereocenters. The molecule has 0 spiro atoms. The molecule has 0 saturated heterocycles. The lowest BCUT2D eigenvalue weighted by Gasteiger charge is -2.20. The number of phenolic OH excluding ortho intramolecular Hbond substituents is 1. The van der Waals surface area contributed by atoms with Gasteiger partial charge in [-0.15, -0.1) is 0 Å². The van der Waals surface area contributed by atoms with E-state index in [2.05, 4.69) is 0 Å². The summed E-state index contributed by atoms with van der Waals surface area (Å²) in [5.74, 6) is 0.242. The first-order valence-electron chi connectivity index (χ1n) is 9.72. The number of esters is 1. The minimum Gasteiger partial charge on any atom is -0.506 e. The number of allylic oxidation sites excluding steroid dienone is 4. The van der Waals surface area contributed by atoms with Crippen molar-refractivity contribution in [3.8, 4) is 28.7 Å². The second kappa shape index (κ2) is 8.48. The van der Waals surface area contributed by atoms with E-state index in [0.29, 0.717) is 38.6 Å². The molecule has 0 saturated carbocycles. The van der Waals surface area contributed by atoms with Crippen molar-refractivity contribution >= 4 is 40.3 Å². The first-order valence-corrected chi connectivity index (χ1v) is 10.5. The second-order valence-electron chi connectivity index (χ2n) is 7.31. The Balaban J connectivity index is 2.50.